The minimum atomic E-state index is -0.103. The second-order valence-electron chi connectivity index (χ2n) is 7.04. The largest absolute Gasteiger partial charge is 0.497 e. The van der Waals surface area contributed by atoms with Crippen molar-refractivity contribution in [1.82, 2.24) is 19.9 Å². The molecular formula is C22H29N5O3. The Morgan fingerprint density at radius 2 is 2.13 bits per heavy atom. The first-order valence-corrected chi connectivity index (χ1v) is 10.1. The average Bonchev–Trinajstić information content (AvgIpc) is 3.14. The summed E-state index contributed by atoms with van der Waals surface area (Å²) in [5, 5.41) is 2.96. The normalized spacial score (nSPS) is 11.0. The number of aromatic nitrogens is 3. The van der Waals surface area contributed by atoms with Crippen molar-refractivity contribution in [2.45, 2.75) is 39.8 Å². The van der Waals surface area contributed by atoms with Crippen LogP contribution in [0.4, 0.5) is 5.82 Å². The molecule has 3 aromatic rings. The number of hydrogen-bond donors (Lipinski definition) is 2. The van der Waals surface area contributed by atoms with E-state index in [1.807, 2.05) is 19.9 Å². The molecule has 0 atom stereocenters. The molecule has 3 rings (SSSR count). The fraction of sp³-hybridized carbons (Fsp3) is 0.409. The fourth-order valence-electron chi connectivity index (χ4n) is 3.37. The van der Waals surface area contributed by atoms with Crippen LogP contribution in [-0.4, -0.2) is 40.7 Å². The lowest BCUT2D eigenvalue weighted by Gasteiger charge is -2.11. The van der Waals surface area contributed by atoms with Crippen molar-refractivity contribution in [1.29, 1.82) is 0 Å². The number of nitrogens with zero attached hydrogens (tertiary/aromatic N) is 3. The molecule has 0 aliphatic heterocycles. The van der Waals surface area contributed by atoms with Gasteiger partial charge in [0.25, 0.3) is 5.91 Å². The molecule has 0 fully saturated rings. The van der Waals surface area contributed by atoms with Crippen molar-refractivity contribution in [2.75, 3.05) is 26.0 Å². The second kappa shape index (κ2) is 10.1. The predicted molar refractivity (Wildman–Crippen MR) is 117 cm³/mol. The smallest absolute Gasteiger partial charge is 0.251 e. The zero-order chi connectivity index (χ0) is 21.5. The molecule has 8 heteroatoms. The number of imidazole rings is 1. The van der Waals surface area contributed by atoms with Crippen LogP contribution < -0.4 is 15.8 Å². The van der Waals surface area contributed by atoms with E-state index in [0.29, 0.717) is 36.9 Å². The van der Waals surface area contributed by atoms with Crippen LogP contribution in [0.5, 0.6) is 5.75 Å². The summed E-state index contributed by atoms with van der Waals surface area (Å²) in [7, 11) is 1.59. The Morgan fingerprint density at radius 1 is 1.30 bits per heavy atom. The molecule has 0 radical (unpaired) electrons. The summed E-state index contributed by atoms with van der Waals surface area (Å²) in [6.45, 7) is 6.36. The van der Waals surface area contributed by atoms with E-state index in [1.165, 1.54) is 0 Å². The van der Waals surface area contributed by atoms with Gasteiger partial charge in [-0.1, -0.05) is 6.07 Å². The fourth-order valence-corrected chi connectivity index (χ4v) is 3.37. The number of carbonyl (C=O) groups is 1. The number of unbranched alkanes of at least 4 members (excludes halogenated alkanes) is 1. The molecule has 0 saturated carbocycles. The van der Waals surface area contributed by atoms with E-state index < -0.39 is 0 Å². The third-order valence-corrected chi connectivity index (χ3v) is 4.92. The van der Waals surface area contributed by atoms with E-state index in [0.717, 1.165) is 41.8 Å². The first-order chi connectivity index (χ1) is 14.5. The van der Waals surface area contributed by atoms with Gasteiger partial charge in [-0.2, -0.15) is 0 Å². The highest BCUT2D eigenvalue weighted by Crippen LogP contribution is 2.24. The highest BCUT2D eigenvalue weighted by Gasteiger charge is 2.15. The van der Waals surface area contributed by atoms with E-state index in [-0.39, 0.29) is 5.91 Å². The second-order valence-corrected chi connectivity index (χ2v) is 7.04. The molecule has 8 nitrogen and oxygen atoms in total. The molecular weight excluding hydrogens is 382 g/mol. The standard InChI is InChI=1S/C22H29N5O3/c1-4-30-14-18-26-19-20(15(2)13-25-21(19)23)27(18)11-6-5-10-24-22(28)16-8-7-9-17(12-16)29-3/h7-9,12-13H,4-6,10-11,14H2,1-3H3,(H2,23,25)(H,24,28). The number of rotatable bonds is 10. The Balaban J connectivity index is 1.61. The third-order valence-electron chi connectivity index (χ3n) is 4.92. The van der Waals surface area contributed by atoms with E-state index in [4.69, 9.17) is 15.2 Å². The number of carbonyl (C=O) groups excluding carboxylic acids is 1. The monoisotopic (exact) mass is 411 g/mol. The van der Waals surface area contributed by atoms with Gasteiger partial charge >= 0.3 is 0 Å². The zero-order valence-electron chi connectivity index (χ0n) is 17.8. The number of pyridine rings is 1. The Labute approximate surface area is 176 Å². The summed E-state index contributed by atoms with van der Waals surface area (Å²) in [6, 6.07) is 7.13. The quantitative estimate of drug-likeness (QED) is 0.497. The van der Waals surface area contributed by atoms with Crippen molar-refractivity contribution in [3.8, 4) is 5.75 Å². The van der Waals surface area contributed by atoms with Gasteiger partial charge in [0.15, 0.2) is 5.82 Å². The van der Waals surface area contributed by atoms with E-state index in [9.17, 15) is 4.79 Å². The van der Waals surface area contributed by atoms with Crippen LogP contribution in [0.3, 0.4) is 0 Å². The summed E-state index contributed by atoms with van der Waals surface area (Å²) in [4.78, 5) is 21.2. The zero-order valence-corrected chi connectivity index (χ0v) is 17.8. The van der Waals surface area contributed by atoms with Crippen molar-refractivity contribution < 1.29 is 14.3 Å². The van der Waals surface area contributed by atoms with Gasteiger partial charge in [-0.05, 0) is 50.5 Å². The topological polar surface area (TPSA) is 104 Å². The molecule has 160 valence electrons. The molecule has 30 heavy (non-hydrogen) atoms. The lowest BCUT2D eigenvalue weighted by molar-refractivity contribution is 0.0952. The van der Waals surface area contributed by atoms with Crippen LogP contribution in [0.15, 0.2) is 30.5 Å². The molecule has 0 bridgehead atoms. The molecule has 3 N–H and O–H groups in total. The molecule has 0 spiro atoms. The Hall–Kier alpha value is -3.13. The van der Waals surface area contributed by atoms with Crippen LogP contribution in [-0.2, 0) is 17.9 Å². The van der Waals surface area contributed by atoms with E-state index >= 15 is 0 Å². The van der Waals surface area contributed by atoms with Crippen molar-refractivity contribution >= 4 is 22.8 Å². The van der Waals surface area contributed by atoms with Crippen LogP contribution in [0, 0.1) is 6.92 Å². The molecule has 0 aliphatic carbocycles. The van der Waals surface area contributed by atoms with Crippen molar-refractivity contribution in [2.24, 2.45) is 0 Å². The molecule has 1 amide bonds. The maximum Gasteiger partial charge on any atom is 0.251 e. The summed E-state index contributed by atoms with van der Waals surface area (Å²) < 4.78 is 12.9. The van der Waals surface area contributed by atoms with Gasteiger partial charge in [-0.3, -0.25) is 4.79 Å². The molecule has 2 heterocycles. The minimum Gasteiger partial charge on any atom is -0.497 e. The van der Waals surface area contributed by atoms with E-state index in [2.05, 4.69) is 19.9 Å². The number of ether oxygens (including phenoxy) is 2. The van der Waals surface area contributed by atoms with Gasteiger partial charge in [0, 0.05) is 31.5 Å². The maximum absolute atomic E-state index is 12.3. The van der Waals surface area contributed by atoms with Crippen LogP contribution >= 0.6 is 0 Å². The van der Waals surface area contributed by atoms with Crippen LogP contribution in [0.1, 0.15) is 41.5 Å². The average molecular weight is 412 g/mol. The minimum absolute atomic E-state index is 0.103. The Morgan fingerprint density at radius 3 is 2.90 bits per heavy atom. The van der Waals surface area contributed by atoms with E-state index in [1.54, 1.807) is 31.5 Å². The third kappa shape index (κ3) is 4.88. The number of nitrogen functional groups attached to an aromatic ring is 1. The first kappa shape index (κ1) is 21.6. The molecule has 2 aromatic heterocycles. The molecule has 0 unspecified atom stereocenters. The van der Waals surface area contributed by atoms with Gasteiger partial charge in [-0.15, -0.1) is 0 Å². The summed E-state index contributed by atoms with van der Waals surface area (Å²) in [6.07, 6.45) is 3.49. The predicted octanol–water partition coefficient (Wildman–Crippen LogP) is 3.08. The first-order valence-electron chi connectivity index (χ1n) is 10.1. The molecule has 0 aliphatic rings. The summed E-state index contributed by atoms with van der Waals surface area (Å²) in [5.74, 6) is 1.84. The maximum atomic E-state index is 12.3. The lowest BCUT2D eigenvalue weighted by atomic mass is 10.2. The summed E-state index contributed by atoms with van der Waals surface area (Å²) >= 11 is 0. The number of anilines is 1. The highest BCUT2D eigenvalue weighted by molar-refractivity contribution is 5.94. The number of fused-ring (bicyclic) bond motifs is 1. The van der Waals surface area contributed by atoms with Gasteiger partial charge in [0.2, 0.25) is 0 Å². The molecule has 0 saturated heterocycles. The van der Waals surface area contributed by atoms with Gasteiger partial charge < -0.3 is 25.1 Å². The Bertz CT molecular complexity index is 1020. The highest BCUT2D eigenvalue weighted by atomic mass is 16.5. The van der Waals surface area contributed by atoms with Crippen LogP contribution in [0.25, 0.3) is 11.0 Å². The van der Waals surface area contributed by atoms with Gasteiger partial charge in [0.1, 0.15) is 23.7 Å². The number of benzene rings is 1. The van der Waals surface area contributed by atoms with Gasteiger partial charge in [-0.25, -0.2) is 9.97 Å². The number of nitrogens with two attached hydrogens (primary N) is 1. The number of nitrogens with one attached hydrogen (secondary N) is 1. The SMILES string of the molecule is CCOCc1nc2c(N)ncc(C)c2n1CCCCNC(=O)c1cccc(OC)c1. The van der Waals surface area contributed by atoms with Crippen molar-refractivity contribution in [3.63, 3.8) is 0 Å². The number of amides is 1. The lowest BCUT2D eigenvalue weighted by Crippen LogP contribution is -2.24. The number of aryl methyl sites for hydroxylation is 2. The van der Waals surface area contributed by atoms with Crippen molar-refractivity contribution in [3.05, 3.63) is 47.4 Å². The summed E-state index contributed by atoms with van der Waals surface area (Å²) in [5.41, 5.74) is 9.37. The number of methoxy groups -OCH3 is 1. The van der Waals surface area contributed by atoms with Gasteiger partial charge in [0.05, 0.1) is 12.6 Å². The molecule has 1 aromatic carbocycles. The number of hydrogen-bond acceptors (Lipinski definition) is 6. The Kier molecular flexibility index (Phi) is 7.24. The van der Waals surface area contributed by atoms with Crippen LogP contribution in [0.2, 0.25) is 0 Å².